The molecule has 4 heteroatoms. The van der Waals surface area contributed by atoms with Gasteiger partial charge < -0.3 is 9.80 Å². The van der Waals surface area contributed by atoms with E-state index in [1.165, 1.54) is 5.69 Å². The van der Waals surface area contributed by atoms with Crippen LogP contribution in [0.25, 0.3) is 0 Å². The summed E-state index contributed by atoms with van der Waals surface area (Å²) in [5.41, 5.74) is 1.98. The van der Waals surface area contributed by atoms with Crippen molar-refractivity contribution >= 4 is 27.5 Å². The Labute approximate surface area is 133 Å². The van der Waals surface area contributed by atoms with Crippen molar-refractivity contribution in [3.63, 3.8) is 0 Å². The summed E-state index contributed by atoms with van der Waals surface area (Å²) in [4.78, 5) is 16.7. The maximum Gasteiger partial charge on any atom is 0.253 e. The average molecular weight is 345 g/mol. The number of rotatable bonds is 2. The van der Waals surface area contributed by atoms with E-state index in [-0.39, 0.29) is 5.91 Å². The Kier molecular flexibility index (Phi) is 4.25. The smallest absolute Gasteiger partial charge is 0.253 e. The molecule has 0 atom stereocenters. The molecule has 3 nitrogen and oxygen atoms in total. The minimum atomic E-state index is 0.129. The molecule has 0 radical (unpaired) electrons. The van der Waals surface area contributed by atoms with Gasteiger partial charge in [0.05, 0.1) is 0 Å². The molecule has 21 heavy (non-hydrogen) atoms. The highest BCUT2D eigenvalue weighted by Crippen LogP contribution is 2.21. The summed E-state index contributed by atoms with van der Waals surface area (Å²) in [6.45, 7) is 3.27. The van der Waals surface area contributed by atoms with Crippen molar-refractivity contribution in [3.8, 4) is 0 Å². The molecule has 0 aromatic heterocycles. The average Bonchev–Trinajstić information content (AvgIpc) is 2.55. The van der Waals surface area contributed by atoms with Crippen LogP contribution in [0.3, 0.4) is 0 Å². The number of carbonyl (C=O) groups is 1. The van der Waals surface area contributed by atoms with Crippen LogP contribution in [0.1, 0.15) is 10.4 Å². The topological polar surface area (TPSA) is 23.6 Å². The Morgan fingerprint density at radius 1 is 0.905 bits per heavy atom. The Morgan fingerprint density at radius 2 is 1.62 bits per heavy atom. The number of benzene rings is 2. The zero-order valence-electron chi connectivity index (χ0n) is 11.7. The van der Waals surface area contributed by atoms with E-state index in [1.54, 1.807) is 0 Å². The monoisotopic (exact) mass is 344 g/mol. The van der Waals surface area contributed by atoms with Gasteiger partial charge in [-0.1, -0.05) is 40.2 Å². The summed E-state index contributed by atoms with van der Waals surface area (Å²) in [6.07, 6.45) is 0. The van der Waals surface area contributed by atoms with Gasteiger partial charge in [-0.15, -0.1) is 0 Å². The highest BCUT2D eigenvalue weighted by molar-refractivity contribution is 9.10. The summed E-state index contributed by atoms with van der Waals surface area (Å²) >= 11 is 3.50. The van der Waals surface area contributed by atoms with Crippen molar-refractivity contribution in [2.75, 3.05) is 31.1 Å². The molecule has 0 bridgehead atoms. The highest BCUT2D eigenvalue weighted by Gasteiger charge is 2.22. The number of hydrogen-bond acceptors (Lipinski definition) is 2. The van der Waals surface area contributed by atoms with E-state index in [0.717, 1.165) is 36.2 Å². The Morgan fingerprint density at radius 3 is 2.29 bits per heavy atom. The lowest BCUT2D eigenvalue weighted by molar-refractivity contribution is 0.0747. The molecule has 0 saturated carbocycles. The van der Waals surface area contributed by atoms with Gasteiger partial charge in [0, 0.05) is 41.9 Å². The quantitative estimate of drug-likeness (QED) is 0.833. The third-order valence-corrected chi connectivity index (χ3v) is 4.25. The van der Waals surface area contributed by atoms with E-state index >= 15 is 0 Å². The second-order valence-corrected chi connectivity index (χ2v) is 6.04. The molecule has 0 N–H and O–H groups in total. The molecule has 0 unspecified atom stereocenters. The van der Waals surface area contributed by atoms with Crippen molar-refractivity contribution in [3.05, 3.63) is 64.6 Å². The molecule has 0 spiro atoms. The van der Waals surface area contributed by atoms with Crippen molar-refractivity contribution in [1.29, 1.82) is 0 Å². The zero-order chi connectivity index (χ0) is 14.7. The second kappa shape index (κ2) is 6.31. The van der Waals surface area contributed by atoms with Crippen molar-refractivity contribution in [1.82, 2.24) is 4.90 Å². The third kappa shape index (κ3) is 3.27. The van der Waals surface area contributed by atoms with Gasteiger partial charge in [0.25, 0.3) is 5.91 Å². The van der Waals surface area contributed by atoms with Gasteiger partial charge in [0.1, 0.15) is 0 Å². The van der Waals surface area contributed by atoms with Gasteiger partial charge in [0.15, 0.2) is 0 Å². The van der Waals surface area contributed by atoms with E-state index in [4.69, 9.17) is 0 Å². The summed E-state index contributed by atoms with van der Waals surface area (Å²) in [5, 5.41) is 0. The van der Waals surface area contributed by atoms with Gasteiger partial charge >= 0.3 is 0 Å². The fraction of sp³-hybridized carbons (Fsp3) is 0.235. The van der Waals surface area contributed by atoms with Gasteiger partial charge in [-0.05, 0) is 30.3 Å². The van der Waals surface area contributed by atoms with E-state index in [2.05, 4.69) is 33.0 Å². The van der Waals surface area contributed by atoms with E-state index in [0.29, 0.717) is 0 Å². The lowest BCUT2D eigenvalue weighted by Gasteiger charge is -2.36. The minimum absolute atomic E-state index is 0.129. The van der Waals surface area contributed by atoms with E-state index < -0.39 is 0 Å². The van der Waals surface area contributed by atoms with Crippen LogP contribution in [0.4, 0.5) is 5.69 Å². The first kappa shape index (κ1) is 14.1. The second-order valence-electron chi connectivity index (χ2n) is 5.13. The first-order valence-corrected chi connectivity index (χ1v) is 7.88. The van der Waals surface area contributed by atoms with Gasteiger partial charge in [-0.25, -0.2) is 0 Å². The molecule has 3 rings (SSSR count). The summed E-state index contributed by atoms with van der Waals surface area (Å²) in [7, 11) is 0. The standard InChI is InChI=1S/C17H17BrN2O/c18-15-7-4-8-16(13-15)19-9-11-20(12-10-19)17(21)14-5-2-1-3-6-14/h1-8,13H,9-12H2. The molecule has 1 aliphatic rings. The normalized spacial score (nSPS) is 15.1. The molecule has 1 fully saturated rings. The van der Waals surface area contributed by atoms with Crippen LogP contribution < -0.4 is 4.90 Å². The minimum Gasteiger partial charge on any atom is -0.368 e. The molecule has 0 aliphatic carbocycles. The van der Waals surface area contributed by atoms with E-state index in [9.17, 15) is 4.79 Å². The SMILES string of the molecule is O=C(c1ccccc1)N1CCN(c2cccc(Br)c2)CC1. The molecule has 1 saturated heterocycles. The maximum atomic E-state index is 12.4. The molecule has 1 aliphatic heterocycles. The number of anilines is 1. The molecule has 2 aromatic carbocycles. The van der Waals surface area contributed by atoms with E-state index in [1.807, 2.05) is 47.4 Å². The lowest BCUT2D eigenvalue weighted by atomic mass is 10.1. The third-order valence-electron chi connectivity index (χ3n) is 3.76. The fourth-order valence-electron chi connectivity index (χ4n) is 2.60. The predicted molar refractivity (Wildman–Crippen MR) is 88.7 cm³/mol. The van der Waals surface area contributed by atoms with Gasteiger partial charge in [0.2, 0.25) is 0 Å². The molecule has 2 aromatic rings. The van der Waals surface area contributed by atoms with Crippen LogP contribution in [0.15, 0.2) is 59.1 Å². The Balaban J connectivity index is 1.64. The highest BCUT2D eigenvalue weighted by atomic mass is 79.9. The van der Waals surface area contributed by atoms with Crippen LogP contribution >= 0.6 is 15.9 Å². The van der Waals surface area contributed by atoms with Crippen LogP contribution in [0.5, 0.6) is 0 Å². The van der Waals surface area contributed by atoms with Gasteiger partial charge in [-0.3, -0.25) is 4.79 Å². The maximum absolute atomic E-state index is 12.4. The number of halogens is 1. The summed E-state index contributed by atoms with van der Waals surface area (Å²) in [5.74, 6) is 0.129. The molecule has 1 heterocycles. The number of hydrogen-bond donors (Lipinski definition) is 0. The fourth-order valence-corrected chi connectivity index (χ4v) is 2.99. The number of carbonyl (C=O) groups excluding carboxylic acids is 1. The molecular formula is C17H17BrN2O. The lowest BCUT2D eigenvalue weighted by Crippen LogP contribution is -2.48. The predicted octanol–water partition coefficient (Wildman–Crippen LogP) is 3.41. The number of nitrogens with zero attached hydrogens (tertiary/aromatic N) is 2. The summed E-state index contributed by atoms with van der Waals surface area (Å²) < 4.78 is 1.09. The molecule has 108 valence electrons. The Hall–Kier alpha value is -1.81. The molecular weight excluding hydrogens is 328 g/mol. The van der Waals surface area contributed by atoms with Crippen molar-refractivity contribution in [2.24, 2.45) is 0 Å². The molecule has 1 amide bonds. The number of amides is 1. The summed E-state index contributed by atoms with van der Waals surface area (Å²) in [6, 6.07) is 17.8. The van der Waals surface area contributed by atoms with Crippen LogP contribution in [-0.2, 0) is 0 Å². The first-order chi connectivity index (χ1) is 10.2. The van der Waals surface area contributed by atoms with Crippen LogP contribution in [0, 0.1) is 0 Å². The zero-order valence-corrected chi connectivity index (χ0v) is 13.3. The van der Waals surface area contributed by atoms with Crippen LogP contribution in [0.2, 0.25) is 0 Å². The van der Waals surface area contributed by atoms with Crippen molar-refractivity contribution < 1.29 is 4.79 Å². The Bertz CT molecular complexity index is 622. The van der Waals surface area contributed by atoms with Crippen molar-refractivity contribution in [2.45, 2.75) is 0 Å². The first-order valence-electron chi connectivity index (χ1n) is 7.09. The largest absolute Gasteiger partial charge is 0.368 e. The van der Waals surface area contributed by atoms with Crippen LogP contribution in [-0.4, -0.2) is 37.0 Å². The van der Waals surface area contributed by atoms with Gasteiger partial charge in [-0.2, -0.15) is 0 Å². The number of piperazine rings is 1.